The molecule has 0 atom stereocenters. The molecule has 3 aromatic rings. The minimum Gasteiger partial charge on any atom is -0.420 e. The number of aromatic nitrogens is 2. The molecule has 106 valence electrons. The lowest BCUT2D eigenvalue weighted by atomic mass is 10.2. The molecule has 3 rings (SSSR count). The van der Waals surface area contributed by atoms with Gasteiger partial charge in [0.05, 0.1) is 5.75 Å². The molecule has 1 heterocycles. The second-order valence-electron chi connectivity index (χ2n) is 4.23. The molecule has 1 aromatic heterocycles. The van der Waals surface area contributed by atoms with Crippen LogP contribution in [0.1, 0.15) is 5.89 Å². The molecule has 3 nitrogen and oxygen atoms in total. The molecule has 0 amide bonds. The molecular formula is C15H10F2N2OS. The average Bonchev–Trinajstić information content (AvgIpc) is 2.98. The Morgan fingerprint density at radius 2 is 1.76 bits per heavy atom. The van der Waals surface area contributed by atoms with E-state index in [-0.39, 0.29) is 0 Å². The normalized spacial score (nSPS) is 10.8. The molecule has 0 bridgehead atoms. The van der Waals surface area contributed by atoms with Gasteiger partial charge in [-0.1, -0.05) is 18.2 Å². The summed E-state index contributed by atoms with van der Waals surface area (Å²) < 4.78 is 31.5. The first kappa shape index (κ1) is 13.8. The fourth-order valence-corrected chi connectivity index (χ4v) is 2.48. The summed E-state index contributed by atoms with van der Waals surface area (Å²) in [7, 11) is 0. The van der Waals surface area contributed by atoms with Gasteiger partial charge >= 0.3 is 0 Å². The van der Waals surface area contributed by atoms with E-state index in [0.29, 0.717) is 22.4 Å². The first-order valence-corrected chi connectivity index (χ1v) is 7.16. The fourth-order valence-electron chi connectivity index (χ4n) is 1.72. The van der Waals surface area contributed by atoms with E-state index in [4.69, 9.17) is 4.42 Å². The van der Waals surface area contributed by atoms with Gasteiger partial charge in [-0.3, -0.25) is 0 Å². The van der Waals surface area contributed by atoms with Crippen molar-refractivity contribution in [2.45, 2.75) is 10.6 Å². The van der Waals surface area contributed by atoms with Crippen LogP contribution in [0.2, 0.25) is 0 Å². The van der Waals surface area contributed by atoms with E-state index in [1.165, 1.54) is 17.8 Å². The smallest absolute Gasteiger partial charge is 0.247 e. The van der Waals surface area contributed by atoms with Crippen molar-refractivity contribution >= 4 is 11.8 Å². The lowest BCUT2D eigenvalue weighted by Crippen LogP contribution is -1.85. The van der Waals surface area contributed by atoms with Gasteiger partial charge in [0.25, 0.3) is 0 Å². The van der Waals surface area contributed by atoms with Gasteiger partial charge < -0.3 is 4.42 Å². The van der Waals surface area contributed by atoms with E-state index in [1.807, 2.05) is 30.3 Å². The molecule has 0 unspecified atom stereocenters. The fraction of sp³-hybridized carbons (Fsp3) is 0.0667. The summed E-state index contributed by atoms with van der Waals surface area (Å²) in [5.74, 6) is -0.454. The molecule has 21 heavy (non-hydrogen) atoms. The van der Waals surface area contributed by atoms with Crippen LogP contribution in [0.25, 0.3) is 11.5 Å². The molecule has 0 N–H and O–H groups in total. The third-order valence-electron chi connectivity index (χ3n) is 2.74. The molecule has 0 fully saturated rings. The van der Waals surface area contributed by atoms with Crippen LogP contribution in [0.5, 0.6) is 0 Å². The van der Waals surface area contributed by atoms with Crippen molar-refractivity contribution in [3.8, 4) is 11.5 Å². The number of halogens is 2. The van der Waals surface area contributed by atoms with Crippen molar-refractivity contribution < 1.29 is 13.2 Å². The quantitative estimate of drug-likeness (QED) is 0.673. The maximum absolute atomic E-state index is 13.1. The molecule has 0 spiro atoms. The Bertz CT molecular complexity index is 746. The van der Waals surface area contributed by atoms with E-state index in [2.05, 4.69) is 10.2 Å². The predicted molar refractivity (Wildman–Crippen MR) is 75.7 cm³/mol. The standard InChI is InChI=1S/C15H10F2N2OS/c16-12-7-6-11(8-13(12)17)21-9-14-18-19-15(20-14)10-4-2-1-3-5-10/h1-8H,9H2. The van der Waals surface area contributed by atoms with Gasteiger partial charge in [0, 0.05) is 10.5 Å². The van der Waals surface area contributed by atoms with Crippen LogP contribution in [0, 0.1) is 11.6 Å². The molecule has 0 aliphatic heterocycles. The number of benzene rings is 2. The van der Waals surface area contributed by atoms with Crippen LogP contribution in [0.4, 0.5) is 8.78 Å². The van der Waals surface area contributed by atoms with Crippen molar-refractivity contribution in [1.29, 1.82) is 0 Å². The summed E-state index contributed by atoms with van der Waals surface area (Å²) in [5.41, 5.74) is 0.842. The highest BCUT2D eigenvalue weighted by Gasteiger charge is 2.09. The van der Waals surface area contributed by atoms with E-state index in [1.54, 1.807) is 0 Å². The van der Waals surface area contributed by atoms with E-state index < -0.39 is 11.6 Å². The highest BCUT2D eigenvalue weighted by Crippen LogP contribution is 2.25. The first-order chi connectivity index (χ1) is 10.2. The molecule has 2 aromatic carbocycles. The van der Waals surface area contributed by atoms with Gasteiger partial charge in [-0.2, -0.15) is 0 Å². The number of thioether (sulfide) groups is 1. The summed E-state index contributed by atoms with van der Waals surface area (Å²) in [4.78, 5) is 0.605. The molecule has 0 aliphatic carbocycles. The van der Waals surface area contributed by atoms with Gasteiger partial charge in [0.15, 0.2) is 11.6 Å². The Morgan fingerprint density at radius 1 is 0.952 bits per heavy atom. The van der Waals surface area contributed by atoms with Crippen LogP contribution in [0.3, 0.4) is 0 Å². The Balaban J connectivity index is 1.69. The molecule has 0 aliphatic rings. The maximum atomic E-state index is 13.1. The van der Waals surface area contributed by atoms with Crippen LogP contribution < -0.4 is 0 Å². The Hall–Kier alpha value is -2.21. The van der Waals surface area contributed by atoms with Crippen LogP contribution >= 0.6 is 11.8 Å². The topological polar surface area (TPSA) is 38.9 Å². The predicted octanol–water partition coefficient (Wildman–Crippen LogP) is 4.31. The third kappa shape index (κ3) is 3.28. The number of hydrogen-bond donors (Lipinski definition) is 0. The Kier molecular flexibility index (Phi) is 3.96. The lowest BCUT2D eigenvalue weighted by Gasteiger charge is -1.99. The van der Waals surface area contributed by atoms with Gasteiger partial charge in [-0.25, -0.2) is 8.78 Å². The van der Waals surface area contributed by atoms with Crippen molar-refractivity contribution in [2.75, 3.05) is 0 Å². The van der Waals surface area contributed by atoms with E-state index in [0.717, 1.165) is 17.7 Å². The zero-order valence-electron chi connectivity index (χ0n) is 10.8. The minimum absolute atomic E-state index is 0.394. The van der Waals surface area contributed by atoms with Crippen LogP contribution in [-0.4, -0.2) is 10.2 Å². The second-order valence-corrected chi connectivity index (χ2v) is 5.28. The summed E-state index contributed by atoms with van der Waals surface area (Å²) in [6.45, 7) is 0. The van der Waals surface area contributed by atoms with Crippen molar-refractivity contribution in [2.24, 2.45) is 0 Å². The highest BCUT2D eigenvalue weighted by molar-refractivity contribution is 7.98. The summed E-state index contributed by atoms with van der Waals surface area (Å²) in [5, 5.41) is 7.91. The largest absolute Gasteiger partial charge is 0.420 e. The van der Waals surface area contributed by atoms with Gasteiger partial charge in [-0.05, 0) is 30.3 Å². The molecular weight excluding hydrogens is 294 g/mol. The Labute approximate surface area is 124 Å². The Morgan fingerprint density at radius 3 is 2.52 bits per heavy atom. The van der Waals surface area contributed by atoms with Crippen molar-refractivity contribution in [3.05, 3.63) is 66.1 Å². The third-order valence-corrected chi connectivity index (χ3v) is 3.72. The highest BCUT2D eigenvalue weighted by atomic mass is 32.2. The van der Waals surface area contributed by atoms with E-state index in [9.17, 15) is 8.78 Å². The van der Waals surface area contributed by atoms with Crippen LogP contribution in [0.15, 0.2) is 57.8 Å². The summed E-state index contributed by atoms with van der Waals surface area (Å²) in [6, 6.07) is 13.2. The zero-order valence-corrected chi connectivity index (χ0v) is 11.6. The van der Waals surface area contributed by atoms with Gasteiger partial charge in [0.2, 0.25) is 11.8 Å². The molecule has 0 saturated carbocycles. The molecule has 0 saturated heterocycles. The van der Waals surface area contributed by atoms with Crippen molar-refractivity contribution in [3.63, 3.8) is 0 Å². The van der Waals surface area contributed by atoms with Gasteiger partial charge in [0.1, 0.15) is 0 Å². The summed E-state index contributed by atoms with van der Waals surface area (Å²) in [6.07, 6.45) is 0. The minimum atomic E-state index is -0.865. The SMILES string of the molecule is Fc1ccc(SCc2nnc(-c3ccccc3)o2)cc1F. The maximum Gasteiger partial charge on any atom is 0.247 e. The average molecular weight is 304 g/mol. The molecule has 6 heteroatoms. The van der Waals surface area contributed by atoms with Crippen LogP contribution in [-0.2, 0) is 5.75 Å². The summed E-state index contributed by atoms with van der Waals surface area (Å²) >= 11 is 1.30. The first-order valence-electron chi connectivity index (χ1n) is 6.18. The zero-order chi connectivity index (χ0) is 14.7. The molecule has 0 radical (unpaired) electrons. The number of hydrogen-bond acceptors (Lipinski definition) is 4. The number of rotatable bonds is 4. The number of nitrogens with zero attached hydrogens (tertiary/aromatic N) is 2. The van der Waals surface area contributed by atoms with E-state index >= 15 is 0 Å². The monoisotopic (exact) mass is 304 g/mol. The lowest BCUT2D eigenvalue weighted by molar-refractivity contribution is 0.505. The van der Waals surface area contributed by atoms with Gasteiger partial charge in [-0.15, -0.1) is 22.0 Å². The van der Waals surface area contributed by atoms with Crippen molar-refractivity contribution in [1.82, 2.24) is 10.2 Å². The second kappa shape index (κ2) is 6.05.